The van der Waals surface area contributed by atoms with E-state index in [0.717, 1.165) is 31.0 Å². The highest BCUT2D eigenvalue weighted by molar-refractivity contribution is 5.80. The van der Waals surface area contributed by atoms with Crippen LogP contribution in [-0.4, -0.2) is 35.4 Å². The first-order valence-corrected chi connectivity index (χ1v) is 9.75. The summed E-state index contributed by atoms with van der Waals surface area (Å²) in [6, 6.07) is 4.80. The van der Waals surface area contributed by atoms with E-state index in [1.807, 2.05) is 18.8 Å². The van der Waals surface area contributed by atoms with Gasteiger partial charge in [0, 0.05) is 32.4 Å². The number of benzene rings is 1. The van der Waals surface area contributed by atoms with Gasteiger partial charge in [0.15, 0.2) is 5.96 Å². The summed E-state index contributed by atoms with van der Waals surface area (Å²) in [5.41, 5.74) is 9.15. The van der Waals surface area contributed by atoms with Gasteiger partial charge in [0.2, 0.25) is 0 Å². The highest BCUT2D eigenvalue weighted by Crippen LogP contribution is 2.17. The second kappa shape index (κ2) is 9.07. The van der Waals surface area contributed by atoms with Crippen molar-refractivity contribution in [1.29, 1.82) is 0 Å². The normalized spacial score (nSPS) is 13.0. The highest BCUT2D eigenvalue weighted by Gasteiger charge is 2.14. The molecule has 0 radical (unpaired) electrons. The van der Waals surface area contributed by atoms with Crippen molar-refractivity contribution in [1.82, 2.24) is 20.4 Å². The molecule has 0 aliphatic heterocycles. The third-order valence-electron chi connectivity index (χ3n) is 5.28. The summed E-state index contributed by atoms with van der Waals surface area (Å²) in [5, 5.41) is 11.5. The zero-order valence-corrected chi connectivity index (χ0v) is 18.2. The van der Waals surface area contributed by atoms with Crippen molar-refractivity contribution in [3.8, 4) is 0 Å². The maximum Gasteiger partial charge on any atom is 0.191 e. The van der Waals surface area contributed by atoms with Gasteiger partial charge in [-0.05, 0) is 76.6 Å². The van der Waals surface area contributed by atoms with Crippen molar-refractivity contribution in [2.75, 3.05) is 13.6 Å². The zero-order valence-electron chi connectivity index (χ0n) is 18.2. The number of hydrogen-bond acceptors (Lipinski definition) is 2. The Balaban J connectivity index is 1.90. The molecule has 0 fully saturated rings. The van der Waals surface area contributed by atoms with Crippen LogP contribution in [0.1, 0.15) is 46.1 Å². The fraction of sp³-hybridized carbons (Fsp3) is 0.545. The molecule has 1 aromatic carbocycles. The first-order chi connectivity index (χ1) is 12.7. The number of nitrogens with one attached hydrogen (secondary N) is 2. The van der Waals surface area contributed by atoms with E-state index in [1.54, 1.807) is 0 Å². The lowest BCUT2D eigenvalue weighted by atomic mass is 9.97. The van der Waals surface area contributed by atoms with Crippen LogP contribution in [0.15, 0.2) is 17.1 Å². The topological polar surface area (TPSA) is 54.2 Å². The van der Waals surface area contributed by atoms with Crippen molar-refractivity contribution in [2.24, 2.45) is 12.0 Å². The molecule has 148 valence electrons. The standard InChI is InChI=1S/C22H35N5/c1-14-11-15(2)20(16(3)12-14)9-10-24-22(23-7)25-17(4)13-21-18(5)26-27(8)19(21)6/h11-12,17H,9-10,13H2,1-8H3,(H2,23,24,25). The Morgan fingerprint density at radius 3 is 2.26 bits per heavy atom. The Kier molecular flexibility index (Phi) is 7.05. The van der Waals surface area contributed by atoms with Gasteiger partial charge in [-0.2, -0.15) is 5.10 Å². The molecule has 5 nitrogen and oxygen atoms in total. The average molecular weight is 370 g/mol. The lowest BCUT2D eigenvalue weighted by molar-refractivity contribution is 0.635. The molecular formula is C22H35N5. The van der Waals surface area contributed by atoms with Crippen LogP contribution in [-0.2, 0) is 19.9 Å². The van der Waals surface area contributed by atoms with Gasteiger partial charge in [-0.3, -0.25) is 9.67 Å². The molecule has 27 heavy (non-hydrogen) atoms. The molecule has 0 aliphatic rings. The van der Waals surface area contributed by atoms with Gasteiger partial charge in [0.1, 0.15) is 0 Å². The van der Waals surface area contributed by atoms with Crippen molar-refractivity contribution in [2.45, 2.75) is 60.4 Å². The molecule has 0 saturated heterocycles. The highest BCUT2D eigenvalue weighted by atomic mass is 15.3. The second-order valence-corrected chi connectivity index (χ2v) is 7.65. The second-order valence-electron chi connectivity index (χ2n) is 7.65. The number of guanidine groups is 1. The number of aromatic nitrogens is 2. The van der Waals surface area contributed by atoms with E-state index < -0.39 is 0 Å². The first kappa shape index (κ1) is 21.0. The minimum atomic E-state index is 0.278. The SMILES string of the molecule is CN=C(NCCc1c(C)cc(C)cc1C)NC(C)Cc1c(C)nn(C)c1C. The summed E-state index contributed by atoms with van der Waals surface area (Å²) < 4.78 is 1.96. The lowest BCUT2D eigenvalue weighted by Gasteiger charge is -2.19. The van der Waals surface area contributed by atoms with E-state index in [4.69, 9.17) is 0 Å². The third-order valence-corrected chi connectivity index (χ3v) is 5.28. The van der Waals surface area contributed by atoms with E-state index >= 15 is 0 Å². The van der Waals surface area contributed by atoms with Crippen LogP contribution < -0.4 is 10.6 Å². The minimum absolute atomic E-state index is 0.278. The summed E-state index contributed by atoms with van der Waals surface area (Å²) in [6.45, 7) is 13.8. The number of nitrogens with zero attached hydrogens (tertiary/aromatic N) is 3. The maximum atomic E-state index is 4.51. The van der Waals surface area contributed by atoms with E-state index in [1.165, 1.54) is 33.5 Å². The van der Waals surface area contributed by atoms with Gasteiger partial charge in [0.05, 0.1) is 5.69 Å². The number of rotatable bonds is 6. The molecule has 0 bridgehead atoms. The number of aliphatic imine (C=N–C) groups is 1. The Labute approximate surface area is 164 Å². The van der Waals surface area contributed by atoms with Gasteiger partial charge in [-0.25, -0.2) is 0 Å². The average Bonchev–Trinajstić information content (AvgIpc) is 2.82. The van der Waals surface area contributed by atoms with Crippen LogP contribution in [0.25, 0.3) is 0 Å². The molecule has 2 rings (SSSR count). The molecule has 0 spiro atoms. The Bertz CT molecular complexity index is 793. The fourth-order valence-corrected chi connectivity index (χ4v) is 3.81. The largest absolute Gasteiger partial charge is 0.356 e. The summed E-state index contributed by atoms with van der Waals surface area (Å²) in [4.78, 5) is 4.38. The molecule has 5 heteroatoms. The number of hydrogen-bond donors (Lipinski definition) is 2. The quantitative estimate of drug-likeness (QED) is 0.607. The zero-order chi connectivity index (χ0) is 20.1. The molecular weight excluding hydrogens is 334 g/mol. The van der Waals surface area contributed by atoms with Crippen molar-refractivity contribution >= 4 is 5.96 Å². The van der Waals surface area contributed by atoms with Gasteiger partial charge in [-0.15, -0.1) is 0 Å². The summed E-state index contributed by atoms with van der Waals surface area (Å²) in [5.74, 6) is 0.851. The molecule has 1 heterocycles. The molecule has 2 N–H and O–H groups in total. The van der Waals surface area contributed by atoms with Crippen molar-refractivity contribution in [3.05, 3.63) is 51.3 Å². The smallest absolute Gasteiger partial charge is 0.191 e. The molecule has 0 amide bonds. The molecule has 1 atom stereocenters. The van der Waals surface area contributed by atoms with Crippen LogP contribution in [0, 0.1) is 34.6 Å². The van der Waals surface area contributed by atoms with Crippen LogP contribution in [0.5, 0.6) is 0 Å². The van der Waals surface area contributed by atoms with Crippen LogP contribution in [0.3, 0.4) is 0 Å². The summed E-state index contributed by atoms with van der Waals surface area (Å²) in [7, 11) is 3.82. The molecule has 0 aliphatic carbocycles. The molecule has 1 aromatic heterocycles. The predicted molar refractivity (Wildman–Crippen MR) is 115 cm³/mol. The van der Waals surface area contributed by atoms with E-state index in [9.17, 15) is 0 Å². The Morgan fingerprint density at radius 2 is 1.74 bits per heavy atom. The minimum Gasteiger partial charge on any atom is -0.356 e. The molecule has 1 unspecified atom stereocenters. The van der Waals surface area contributed by atoms with Gasteiger partial charge in [-0.1, -0.05) is 17.7 Å². The number of aryl methyl sites for hydroxylation is 5. The van der Waals surface area contributed by atoms with Crippen molar-refractivity contribution in [3.63, 3.8) is 0 Å². The third kappa shape index (κ3) is 5.34. The van der Waals surface area contributed by atoms with Crippen LogP contribution >= 0.6 is 0 Å². The Hall–Kier alpha value is -2.30. The van der Waals surface area contributed by atoms with E-state index in [-0.39, 0.29) is 6.04 Å². The lowest BCUT2D eigenvalue weighted by Crippen LogP contribution is -2.43. The van der Waals surface area contributed by atoms with Gasteiger partial charge in [0.25, 0.3) is 0 Å². The summed E-state index contributed by atoms with van der Waals surface area (Å²) in [6.07, 6.45) is 1.93. The van der Waals surface area contributed by atoms with E-state index in [2.05, 4.69) is 74.4 Å². The van der Waals surface area contributed by atoms with Crippen LogP contribution in [0.4, 0.5) is 0 Å². The molecule has 2 aromatic rings. The maximum absolute atomic E-state index is 4.51. The monoisotopic (exact) mass is 369 g/mol. The van der Waals surface area contributed by atoms with Crippen molar-refractivity contribution < 1.29 is 0 Å². The van der Waals surface area contributed by atoms with E-state index in [0.29, 0.717) is 0 Å². The summed E-state index contributed by atoms with van der Waals surface area (Å²) >= 11 is 0. The first-order valence-electron chi connectivity index (χ1n) is 9.75. The predicted octanol–water partition coefficient (Wildman–Crippen LogP) is 3.30. The molecule has 0 saturated carbocycles. The fourth-order valence-electron chi connectivity index (χ4n) is 3.81. The van der Waals surface area contributed by atoms with Crippen LogP contribution in [0.2, 0.25) is 0 Å². The van der Waals surface area contributed by atoms with Gasteiger partial charge < -0.3 is 10.6 Å². The van der Waals surface area contributed by atoms with Gasteiger partial charge >= 0.3 is 0 Å². The Morgan fingerprint density at radius 1 is 1.11 bits per heavy atom.